The van der Waals surface area contributed by atoms with Crippen molar-refractivity contribution in [3.63, 3.8) is 0 Å². The predicted molar refractivity (Wildman–Crippen MR) is 92.1 cm³/mol. The number of benzene rings is 1. The van der Waals surface area contributed by atoms with Crippen molar-refractivity contribution in [3.8, 4) is 0 Å². The molecular formula is C16H25N3O4S. The van der Waals surface area contributed by atoms with Gasteiger partial charge in [0.15, 0.2) is 0 Å². The molecule has 2 rings (SSSR count). The summed E-state index contributed by atoms with van der Waals surface area (Å²) in [4.78, 5) is 14.0. The molecule has 7 nitrogen and oxygen atoms in total. The third-order valence-electron chi connectivity index (χ3n) is 4.11. The molecule has 1 aliphatic rings. The van der Waals surface area contributed by atoms with Crippen LogP contribution in [0.25, 0.3) is 0 Å². The van der Waals surface area contributed by atoms with Crippen molar-refractivity contribution in [2.24, 2.45) is 0 Å². The number of methoxy groups -OCH3 is 1. The molecule has 134 valence electrons. The molecule has 0 bridgehead atoms. The minimum Gasteiger partial charge on any atom is -0.385 e. The summed E-state index contributed by atoms with van der Waals surface area (Å²) in [5, 5.41) is 2.88. The zero-order valence-corrected chi connectivity index (χ0v) is 14.9. The molecule has 1 aromatic carbocycles. The van der Waals surface area contributed by atoms with E-state index in [1.54, 1.807) is 12.0 Å². The van der Waals surface area contributed by atoms with E-state index in [1.165, 1.54) is 0 Å². The summed E-state index contributed by atoms with van der Waals surface area (Å²) in [5.74, 6) is 0. The highest BCUT2D eigenvalue weighted by molar-refractivity contribution is 7.88. The minimum atomic E-state index is -3.36. The maximum absolute atomic E-state index is 12.4. The molecule has 8 heteroatoms. The van der Waals surface area contributed by atoms with Crippen molar-refractivity contribution in [1.82, 2.24) is 14.9 Å². The van der Waals surface area contributed by atoms with Crippen LogP contribution in [0.15, 0.2) is 30.3 Å². The Hall–Kier alpha value is -1.64. The Bertz CT molecular complexity index is 651. The van der Waals surface area contributed by atoms with Crippen LogP contribution in [0.1, 0.15) is 18.4 Å². The number of nitrogens with zero attached hydrogens (tertiary/aromatic N) is 1. The number of ether oxygens (including phenoxy) is 1. The van der Waals surface area contributed by atoms with E-state index in [-0.39, 0.29) is 6.03 Å². The Kier molecular flexibility index (Phi) is 6.20. The second-order valence-electron chi connectivity index (χ2n) is 6.21. The second-order valence-corrected chi connectivity index (χ2v) is 7.96. The highest BCUT2D eigenvalue weighted by Crippen LogP contribution is 2.26. The number of hydrogen-bond acceptors (Lipinski definition) is 4. The summed E-state index contributed by atoms with van der Waals surface area (Å²) < 4.78 is 31.1. The third-order valence-corrected chi connectivity index (χ3v) is 4.92. The van der Waals surface area contributed by atoms with E-state index in [2.05, 4.69) is 10.0 Å². The Morgan fingerprint density at radius 3 is 2.67 bits per heavy atom. The highest BCUT2D eigenvalue weighted by atomic mass is 32.2. The number of carbonyl (C=O) groups is 1. The Labute approximate surface area is 143 Å². The number of amides is 2. The minimum absolute atomic E-state index is 0.187. The summed E-state index contributed by atoms with van der Waals surface area (Å²) in [5.41, 5.74) is 0.359. The molecule has 0 saturated carbocycles. The van der Waals surface area contributed by atoms with Gasteiger partial charge in [-0.1, -0.05) is 30.3 Å². The molecule has 1 unspecified atom stereocenters. The number of urea groups is 1. The average Bonchev–Trinajstić information content (AvgIpc) is 2.94. The van der Waals surface area contributed by atoms with Gasteiger partial charge in [0.25, 0.3) is 0 Å². The fourth-order valence-electron chi connectivity index (χ4n) is 2.96. The van der Waals surface area contributed by atoms with Gasteiger partial charge >= 0.3 is 6.03 Å². The van der Waals surface area contributed by atoms with Crippen molar-refractivity contribution in [2.75, 3.05) is 33.1 Å². The molecule has 1 atom stereocenters. The van der Waals surface area contributed by atoms with Crippen LogP contribution in [0.2, 0.25) is 0 Å². The van der Waals surface area contributed by atoms with Crippen molar-refractivity contribution < 1.29 is 17.9 Å². The second kappa shape index (κ2) is 7.96. The van der Waals surface area contributed by atoms with E-state index in [1.807, 2.05) is 30.3 Å². The molecule has 1 aliphatic heterocycles. The summed E-state index contributed by atoms with van der Waals surface area (Å²) in [7, 11) is -1.79. The average molecular weight is 355 g/mol. The van der Waals surface area contributed by atoms with Crippen molar-refractivity contribution in [2.45, 2.75) is 24.9 Å². The fourth-order valence-corrected chi connectivity index (χ4v) is 4.02. The van der Waals surface area contributed by atoms with Crippen LogP contribution < -0.4 is 10.0 Å². The number of hydrogen-bond donors (Lipinski definition) is 2. The van der Waals surface area contributed by atoms with Crippen LogP contribution in [0.5, 0.6) is 0 Å². The van der Waals surface area contributed by atoms with E-state index >= 15 is 0 Å². The van der Waals surface area contributed by atoms with Gasteiger partial charge < -0.3 is 15.0 Å². The lowest BCUT2D eigenvalue weighted by molar-refractivity contribution is 0.161. The van der Waals surface area contributed by atoms with Crippen LogP contribution in [-0.2, 0) is 21.3 Å². The highest BCUT2D eigenvalue weighted by Gasteiger charge is 2.41. The number of likely N-dealkylation sites (tertiary alicyclic amines) is 1. The monoisotopic (exact) mass is 355 g/mol. The van der Waals surface area contributed by atoms with Gasteiger partial charge in [-0.25, -0.2) is 17.9 Å². The van der Waals surface area contributed by atoms with E-state index < -0.39 is 15.6 Å². The lowest BCUT2D eigenvalue weighted by Crippen LogP contribution is -2.52. The largest absolute Gasteiger partial charge is 0.385 e. The normalized spacial score (nSPS) is 21.0. The summed E-state index contributed by atoms with van der Waals surface area (Å²) >= 11 is 0. The maximum Gasteiger partial charge on any atom is 0.317 e. The molecule has 1 fully saturated rings. The van der Waals surface area contributed by atoms with Gasteiger partial charge in [0.1, 0.15) is 0 Å². The first-order chi connectivity index (χ1) is 11.3. The predicted octanol–water partition coefficient (Wildman–Crippen LogP) is 0.926. The van der Waals surface area contributed by atoms with Crippen LogP contribution in [0, 0.1) is 0 Å². The standard InChI is InChI=1S/C16H25N3O4S/c1-23-11-9-16(18-24(2,21)22)8-10-19(13-16)15(20)17-12-14-6-4-3-5-7-14/h3-7,18H,8-13H2,1-2H3,(H,17,20). The maximum atomic E-state index is 12.4. The molecule has 1 heterocycles. The van der Waals surface area contributed by atoms with Gasteiger partial charge in [0.2, 0.25) is 10.0 Å². The van der Waals surface area contributed by atoms with Crippen LogP contribution >= 0.6 is 0 Å². The zero-order valence-electron chi connectivity index (χ0n) is 14.1. The molecule has 0 aliphatic carbocycles. The molecule has 0 radical (unpaired) electrons. The molecule has 1 saturated heterocycles. The smallest absolute Gasteiger partial charge is 0.317 e. The topological polar surface area (TPSA) is 87.7 Å². The number of nitrogens with one attached hydrogen (secondary N) is 2. The van der Waals surface area contributed by atoms with Crippen LogP contribution in [0.4, 0.5) is 4.79 Å². The third kappa shape index (κ3) is 5.47. The molecule has 24 heavy (non-hydrogen) atoms. The van der Waals surface area contributed by atoms with Gasteiger partial charge in [-0.05, 0) is 18.4 Å². The molecule has 0 aromatic heterocycles. The van der Waals surface area contributed by atoms with Gasteiger partial charge in [-0.15, -0.1) is 0 Å². The number of rotatable bonds is 7. The SMILES string of the molecule is COCCC1(NS(C)(=O)=O)CCN(C(=O)NCc2ccccc2)C1. The first kappa shape index (κ1) is 18.7. The van der Waals surface area contributed by atoms with Gasteiger partial charge in [-0.2, -0.15) is 0 Å². The quantitative estimate of drug-likeness (QED) is 0.762. The fraction of sp³-hybridized carbons (Fsp3) is 0.562. The lowest BCUT2D eigenvalue weighted by atomic mass is 9.96. The van der Waals surface area contributed by atoms with Gasteiger partial charge in [-0.3, -0.25) is 0 Å². The first-order valence-electron chi connectivity index (χ1n) is 7.88. The van der Waals surface area contributed by atoms with Crippen molar-refractivity contribution in [3.05, 3.63) is 35.9 Å². The van der Waals surface area contributed by atoms with E-state index in [0.717, 1.165) is 11.8 Å². The van der Waals surface area contributed by atoms with Crippen LogP contribution in [0.3, 0.4) is 0 Å². The molecule has 2 amide bonds. The Morgan fingerprint density at radius 1 is 1.33 bits per heavy atom. The van der Waals surface area contributed by atoms with Crippen molar-refractivity contribution in [1.29, 1.82) is 0 Å². The van der Waals surface area contributed by atoms with Gasteiger partial charge in [0, 0.05) is 33.4 Å². The van der Waals surface area contributed by atoms with E-state index in [0.29, 0.717) is 39.1 Å². The van der Waals surface area contributed by atoms with Crippen molar-refractivity contribution >= 4 is 16.1 Å². The zero-order chi connectivity index (χ0) is 17.6. The molecule has 1 aromatic rings. The first-order valence-corrected chi connectivity index (χ1v) is 9.77. The Morgan fingerprint density at radius 2 is 2.04 bits per heavy atom. The van der Waals surface area contributed by atoms with E-state index in [4.69, 9.17) is 4.74 Å². The lowest BCUT2D eigenvalue weighted by Gasteiger charge is -2.29. The summed E-state index contributed by atoms with van der Waals surface area (Å²) in [6.45, 7) is 1.72. The number of sulfonamides is 1. The number of carbonyl (C=O) groups excluding carboxylic acids is 1. The van der Waals surface area contributed by atoms with Gasteiger partial charge in [0.05, 0.1) is 11.8 Å². The summed E-state index contributed by atoms with van der Waals surface area (Å²) in [6.07, 6.45) is 2.24. The molecular weight excluding hydrogens is 330 g/mol. The molecule has 0 spiro atoms. The van der Waals surface area contributed by atoms with Crippen LogP contribution in [-0.4, -0.2) is 57.9 Å². The summed E-state index contributed by atoms with van der Waals surface area (Å²) in [6, 6.07) is 9.46. The Balaban J connectivity index is 1.96. The molecule has 2 N–H and O–H groups in total. The van der Waals surface area contributed by atoms with E-state index in [9.17, 15) is 13.2 Å².